The molecule has 0 unspecified atom stereocenters. The first-order chi connectivity index (χ1) is 15.5. The second kappa shape index (κ2) is 8.93. The van der Waals surface area contributed by atoms with Crippen LogP contribution >= 0.6 is 0 Å². The number of anilines is 1. The molecule has 0 fully saturated rings. The maximum atomic E-state index is 13.8. The van der Waals surface area contributed by atoms with Crippen molar-refractivity contribution in [3.63, 3.8) is 0 Å². The third kappa shape index (κ3) is 4.18. The summed E-state index contributed by atoms with van der Waals surface area (Å²) in [5.41, 5.74) is 0.833. The molecule has 0 aliphatic heterocycles. The number of nitrogens with one attached hydrogen (secondary N) is 2. The largest absolute Gasteiger partial charge is 0.493 e. The minimum absolute atomic E-state index is 0.165. The van der Waals surface area contributed by atoms with Crippen LogP contribution in [0.2, 0.25) is 0 Å². The Morgan fingerprint density at radius 3 is 2.47 bits per heavy atom. The van der Waals surface area contributed by atoms with Crippen LogP contribution in [0.5, 0.6) is 17.2 Å². The number of fused-ring (bicyclic) bond motifs is 1. The summed E-state index contributed by atoms with van der Waals surface area (Å²) >= 11 is 0. The molecule has 2 N–H and O–H groups in total. The van der Waals surface area contributed by atoms with Crippen LogP contribution in [-0.4, -0.2) is 30.3 Å². The Kier molecular flexibility index (Phi) is 5.89. The smallest absolute Gasteiger partial charge is 0.257 e. The third-order valence-corrected chi connectivity index (χ3v) is 4.86. The number of ether oxygens (including phenoxy) is 3. The van der Waals surface area contributed by atoms with Crippen LogP contribution in [0.25, 0.3) is 10.9 Å². The van der Waals surface area contributed by atoms with E-state index in [0.717, 1.165) is 0 Å². The second-order valence-electron chi connectivity index (χ2n) is 6.79. The number of aromatic nitrogens is 2. The fourth-order valence-corrected chi connectivity index (χ4v) is 3.16. The highest BCUT2D eigenvalue weighted by molar-refractivity contribution is 6.08. The number of H-pyrrole nitrogens is 1. The Morgan fingerprint density at radius 1 is 1.00 bits per heavy atom. The van der Waals surface area contributed by atoms with E-state index in [-0.39, 0.29) is 18.0 Å². The fourth-order valence-electron chi connectivity index (χ4n) is 3.16. The van der Waals surface area contributed by atoms with Crippen molar-refractivity contribution >= 4 is 22.6 Å². The molecule has 3 aromatic carbocycles. The highest BCUT2D eigenvalue weighted by Gasteiger charge is 2.15. The SMILES string of the molecule is COc1ccc(C(=O)Nc2n[nH]c3ccc(OCc4c(F)cccc4F)cc23)cc1OC. The summed E-state index contributed by atoms with van der Waals surface area (Å²) in [6.07, 6.45) is 0. The van der Waals surface area contributed by atoms with E-state index in [1.165, 1.54) is 32.4 Å². The van der Waals surface area contributed by atoms with Gasteiger partial charge in [-0.1, -0.05) is 6.07 Å². The number of hydrogen-bond donors (Lipinski definition) is 2. The van der Waals surface area contributed by atoms with Gasteiger partial charge in [0.1, 0.15) is 24.0 Å². The van der Waals surface area contributed by atoms with Crippen molar-refractivity contribution in [3.05, 3.63) is 77.4 Å². The van der Waals surface area contributed by atoms with Gasteiger partial charge in [0.2, 0.25) is 0 Å². The van der Waals surface area contributed by atoms with E-state index in [0.29, 0.717) is 33.7 Å². The molecule has 164 valence electrons. The molecule has 0 saturated carbocycles. The number of aromatic amines is 1. The molecular formula is C23H19F2N3O4. The van der Waals surface area contributed by atoms with E-state index in [4.69, 9.17) is 14.2 Å². The van der Waals surface area contributed by atoms with Crippen LogP contribution in [0, 0.1) is 11.6 Å². The van der Waals surface area contributed by atoms with Gasteiger partial charge in [-0.2, -0.15) is 5.10 Å². The lowest BCUT2D eigenvalue weighted by molar-refractivity contribution is 0.102. The average Bonchev–Trinajstić information content (AvgIpc) is 3.20. The Balaban J connectivity index is 1.54. The molecule has 0 atom stereocenters. The first-order valence-corrected chi connectivity index (χ1v) is 9.57. The number of hydrogen-bond acceptors (Lipinski definition) is 5. The first-order valence-electron chi connectivity index (χ1n) is 9.57. The van der Waals surface area contributed by atoms with Crippen LogP contribution in [0.1, 0.15) is 15.9 Å². The van der Waals surface area contributed by atoms with E-state index in [1.54, 1.807) is 36.4 Å². The number of benzene rings is 3. The predicted molar refractivity (Wildman–Crippen MR) is 114 cm³/mol. The van der Waals surface area contributed by atoms with Crippen molar-refractivity contribution in [3.8, 4) is 17.2 Å². The fraction of sp³-hybridized carbons (Fsp3) is 0.130. The van der Waals surface area contributed by atoms with Crippen LogP contribution in [0.4, 0.5) is 14.6 Å². The predicted octanol–water partition coefficient (Wildman–Crippen LogP) is 4.69. The molecule has 0 bridgehead atoms. The Morgan fingerprint density at radius 2 is 1.75 bits per heavy atom. The van der Waals surface area contributed by atoms with E-state index < -0.39 is 17.5 Å². The summed E-state index contributed by atoms with van der Waals surface area (Å²) < 4.78 is 43.6. The Bertz CT molecular complexity index is 1270. The van der Waals surface area contributed by atoms with Gasteiger partial charge < -0.3 is 19.5 Å². The standard InChI is InChI=1S/C23H19F2N3O4/c1-30-20-9-6-13(10-21(20)31-2)23(29)26-22-15-11-14(7-8-19(15)27-28-22)32-12-16-17(24)4-3-5-18(16)25/h3-11H,12H2,1-2H3,(H2,26,27,28,29). The van der Waals surface area contributed by atoms with Gasteiger partial charge in [-0.25, -0.2) is 8.78 Å². The zero-order valence-electron chi connectivity index (χ0n) is 17.2. The van der Waals surface area contributed by atoms with Crippen LogP contribution in [0.15, 0.2) is 54.6 Å². The lowest BCUT2D eigenvalue weighted by Crippen LogP contribution is -2.12. The number of methoxy groups -OCH3 is 2. The summed E-state index contributed by atoms with van der Waals surface area (Å²) in [5, 5.41) is 10.3. The van der Waals surface area contributed by atoms with Crippen molar-refractivity contribution < 1.29 is 27.8 Å². The van der Waals surface area contributed by atoms with E-state index in [2.05, 4.69) is 15.5 Å². The normalized spacial score (nSPS) is 10.8. The zero-order valence-corrected chi connectivity index (χ0v) is 17.2. The second-order valence-corrected chi connectivity index (χ2v) is 6.79. The molecule has 0 aliphatic carbocycles. The molecule has 1 amide bonds. The van der Waals surface area contributed by atoms with Crippen molar-refractivity contribution in [2.45, 2.75) is 6.61 Å². The van der Waals surface area contributed by atoms with Crippen LogP contribution < -0.4 is 19.5 Å². The molecule has 4 rings (SSSR count). The van der Waals surface area contributed by atoms with E-state index in [9.17, 15) is 13.6 Å². The summed E-state index contributed by atoms with van der Waals surface area (Å²) in [5.74, 6) is -0.204. The Labute approximate surface area is 181 Å². The first kappa shape index (κ1) is 21.1. The maximum Gasteiger partial charge on any atom is 0.257 e. The van der Waals surface area contributed by atoms with Gasteiger partial charge in [-0.15, -0.1) is 0 Å². The molecule has 0 aliphatic rings. The van der Waals surface area contributed by atoms with Gasteiger partial charge in [-0.05, 0) is 48.5 Å². The van der Waals surface area contributed by atoms with Crippen LogP contribution in [0.3, 0.4) is 0 Å². The highest BCUT2D eigenvalue weighted by atomic mass is 19.1. The van der Waals surface area contributed by atoms with Gasteiger partial charge in [0, 0.05) is 10.9 Å². The lowest BCUT2D eigenvalue weighted by Gasteiger charge is -2.10. The minimum atomic E-state index is -0.683. The average molecular weight is 439 g/mol. The van der Waals surface area contributed by atoms with Crippen molar-refractivity contribution in [2.75, 3.05) is 19.5 Å². The Hall–Kier alpha value is -4.14. The summed E-state index contributed by atoms with van der Waals surface area (Å²) in [6, 6.07) is 13.4. The molecular weight excluding hydrogens is 420 g/mol. The van der Waals surface area contributed by atoms with Gasteiger partial charge in [0.25, 0.3) is 5.91 Å². The van der Waals surface area contributed by atoms with Crippen molar-refractivity contribution in [1.29, 1.82) is 0 Å². The number of nitrogens with zero attached hydrogens (tertiary/aromatic N) is 1. The van der Waals surface area contributed by atoms with Crippen LogP contribution in [-0.2, 0) is 6.61 Å². The molecule has 0 radical (unpaired) electrons. The maximum absolute atomic E-state index is 13.8. The third-order valence-electron chi connectivity index (χ3n) is 4.86. The topological polar surface area (TPSA) is 85.5 Å². The monoisotopic (exact) mass is 439 g/mol. The number of rotatable bonds is 7. The van der Waals surface area contributed by atoms with E-state index >= 15 is 0 Å². The highest BCUT2D eigenvalue weighted by Crippen LogP contribution is 2.29. The molecule has 4 aromatic rings. The lowest BCUT2D eigenvalue weighted by atomic mass is 10.1. The van der Waals surface area contributed by atoms with Gasteiger partial charge >= 0.3 is 0 Å². The molecule has 9 heteroatoms. The molecule has 32 heavy (non-hydrogen) atoms. The quantitative estimate of drug-likeness (QED) is 0.436. The van der Waals surface area contributed by atoms with Gasteiger partial charge in [-0.3, -0.25) is 9.89 Å². The van der Waals surface area contributed by atoms with Crippen molar-refractivity contribution in [1.82, 2.24) is 10.2 Å². The molecule has 0 saturated heterocycles. The number of halogens is 2. The van der Waals surface area contributed by atoms with Gasteiger partial charge in [0.15, 0.2) is 17.3 Å². The molecule has 7 nitrogen and oxygen atoms in total. The molecule has 0 spiro atoms. The molecule has 1 heterocycles. The number of carbonyl (C=O) groups excluding carboxylic acids is 1. The summed E-state index contributed by atoms with van der Waals surface area (Å²) in [4.78, 5) is 12.7. The van der Waals surface area contributed by atoms with Gasteiger partial charge in [0.05, 0.1) is 25.3 Å². The summed E-state index contributed by atoms with van der Waals surface area (Å²) in [7, 11) is 2.99. The molecule has 1 aromatic heterocycles. The zero-order chi connectivity index (χ0) is 22.7. The number of carbonyl (C=O) groups is 1. The summed E-state index contributed by atoms with van der Waals surface area (Å²) in [6.45, 7) is -0.283. The van der Waals surface area contributed by atoms with E-state index in [1.807, 2.05) is 0 Å². The number of amides is 1. The minimum Gasteiger partial charge on any atom is -0.493 e. The van der Waals surface area contributed by atoms with Crippen molar-refractivity contribution in [2.24, 2.45) is 0 Å².